The molecule has 2 nitrogen and oxygen atoms in total. The van der Waals surface area contributed by atoms with Gasteiger partial charge in [0.25, 0.3) is 0 Å². The monoisotopic (exact) mass is 239 g/mol. The molecule has 0 aromatic carbocycles. The highest BCUT2D eigenvalue weighted by molar-refractivity contribution is 6.29. The molecule has 0 bridgehead atoms. The van der Waals surface area contributed by atoms with Gasteiger partial charge in [-0.25, -0.2) is 4.98 Å². The summed E-state index contributed by atoms with van der Waals surface area (Å²) in [4.78, 5) is 3.77. The van der Waals surface area contributed by atoms with Gasteiger partial charge in [0.2, 0.25) is 0 Å². The van der Waals surface area contributed by atoms with Crippen molar-refractivity contribution in [3.63, 3.8) is 0 Å². The predicted octanol–water partition coefficient (Wildman–Crippen LogP) is 3.20. The first-order valence-electron chi connectivity index (χ1n) is 4.22. The van der Waals surface area contributed by atoms with Gasteiger partial charge in [-0.15, -0.1) is 0 Å². The Bertz CT molecular complexity index is 299. The molecule has 0 aliphatic carbocycles. The van der Waals surface area contributed by atoms with Crippen LogP contribution >= 0.6 is 11.6 Å². The quantitative estimate of drug-likeness (QED) is 0.595. The molecule has 0 radical (unpaired) electrons. The lowest BCUT2D eigenvalue weighted by atomic mass is 10.3. The first-order chi connectivity index (χ1) is 6.97. The number of aromatic nitrogens is 1. The number of nitrogens with zero attached hydrogens (tertiary/aromatic N) is 1. The lowest BCUT2D eigenvalue weighted by Gasteiger charge is -2.06. The van der Waals surface area contributed by atoms with Crippen LogP contribution in [0.15, 0.2) is 18.3 Å². The van der Waals surface area contributed by atoms with Crippen molar-refractivity contribution in [3.05, 3.63) is 29.0 Å². The van der Waals surface area contributed by atoms with E-state index in [-0.39, 0.29) is 13.2 Å². The fourth-order valence-electron chi connectivity index (χ4n) is 0.870. The maximum absolute atomic E-state index is 11.7. The van der Waals surface area contributed by atoms with Crippen molar-refractivity contribution in [2.75, 3.05) is 6.61 Å². The zero-order chi connectivity index (χ0) is 11.3. The number of hydrogen-bond acceptors (Lipinski definition) is 2. The summed E-state index contributed by atoms with van der Waals surface area (Å²) in [6.07, 6.45) is -3.64. The van der Waals surface area contributed by atoms with E-state index in [0.29, 0.717) is 10.7 Å². The molecule has 0 saturated heterocycles. The number of pyridine rings is 1. The Kier molecular flexibility index (Phi) is 4.35. The normalized spacial score (nSPS) is 11.7. The highest BCUT2D eigenvalue weighted by atomic mass is 35.5. The molecule has 0 spiro atoms. The third-order valence-corrected chi connectivity index (χ3v) is 1.81. The molecule has 0 aliphatic rings. The molecule has 1 aromatic heterocycles. The van der Waals surface area contributed by atoms with Crippen molar-refractivity contribution in [1.82, 2.24) is 4.98 Å². The van der Waals surface area contributed by atoms with Crippen molar-refractivity contribution < 1.29 is 17.9 Å². The molecule has 15 heavy (non-hydrogen) atoms. The summed E-state index contributed by atoms with van der Waals surface area (Å²) in [6.45, 7) is -0.230. The summed E-state index contributed by atoms with van der Waals surface area (Å²) < 4.78 is 40.0. The summed E-state index contributed by atoms with van der Waals surface area (Å²) in [6, 6.07) is 3.22. The summed E-state index contributed by atoms with van der Waals surface area (Å²) in [5.41, 5.74) is 0.696. The largest absolute Gasteiger partial charge is 0.391 e. The van der Waals surface area contributed by atoms with Gasteiger partial charge in [0.15, 0.2) is 0 Å². The molecule has 6 heteroatoms. The topological polar surface area (TPSA) is 22.1 Å². The number of rotatable bonds is 4. The van der Waals surface area contributed by atoms with E-state index in [1.165, 1.54) is 6.20 Å². The molecule has 0 saturated carbocycles. The Morgan fingerprint density at radius 1 is 1.33 bits per heavy atom. The Hall–Kier alpha value is -0.810. The van der Waals surface area contributed by atoms with E-state index in [1.54, 1.807) is 12.1 Å². The maximum atomic E-state index is 11.7. The Labute approximate surface area is 90.0 Å². The van der Waals surface area contributed by atoms with E-state index >= 15 is 0 Å². The van der Waals surface area contributed by atoms with Gasteiger partial charge in [-0.3, -0.25) is 0 Å². The summed E-state index contributed by atoms with van der Waals surface area (Å²) >= 11 is 5.53. The molecule has 0 amide bonds. The number of halogens is 4. The molecular weight excluding hydrogens is 231 g/mol. The molecule has 0 aliphatic heterocycles. The van der Waals surface area contributed by atoms with Gasteiger partial charge < -0.3 is 4.74 Å². The van der Waals surface area contributed by atoms with E-state index in [1.807, 2.05) is 0 Å². The van der Waals surface area contributed by atoms with Gasteiger partial charge in [0.1, 0.15) is 5.15 Å². The van der Waals surface area contributed by atoms with Crippen LogP contribution in [0.4, 0.5) is 13.2 Å². The highest BCUT2D eigenvalue weighted by Gasteiger charge is 2.26. The average Bonchev–Trinajstić information content (AvgIpc) is 2.14. The first-order valence-corrected chi connectivity index (χ1v) is 4.60. The molecule has 1 aromatic rings. The minimum Gasteiger partial charge on any atom is -0.376 e. The number of hydrogen-bond donors (Lipinski definition) is 0. The maximum Gasteiger partial charge on any atom is 0.391 e. The number of ether oxygens (including phenoxy) is 1. The van der Waals surface area contributed by atoms with Gasteiger partial charge in [0.05, 0.1) is 19.6 Å². The van der Waals surface area contributed by atoms with E-state index in [4.69, 9.17) is 16.3 Å². The van der Waals surface area contributed by atoms with Crippen LogP contribution in [-0.4, -0.2) is 17.8 Å². The van der Waals surface area contributed by atoms with Gasteiger partial charge in [-0.1, -0.05) is 17.7 Å². The average molecular weight is 240 g/mol. The Balaban J connectivity index is 2.23. The zero-order valence-corrected chi connectivity index (χ0v) is 8.48. The van der Waals surface area contributed by atoms with Crippen LogP contribution < -0.4 is 0 Å². The van der Waals surface area contributed by atoms with Gasteiger partial charge in [-0.2, -0.15) is 13.2 Å². The zero-order valence-electron chi connectivity index (χ0n) is 7.72. The minimum atomic E-state index is -4.17. The lowest BCUT2D eigenvalue weighted by molar-refractivity contribution is -0.146. The first kappa shape index (κ1) is 12.3. The van der Waals surface area contributed by atoms with Crippen LogP contribution in [0.5, 0.6) is 0 Å². The second kappa shape index (κ2) is 5.32. The van der Waals surface area contributed by atoms with Crippen LogP contribution in [0.3, 0.4) is 0 Å². The van der Waals surface area contributed by atoms with Crippen molar-refractivity contribution >= 4 is 11.6 Å². The van der Waals surface area contributed by atoms with E-state index < -0.39 is 12.6 Å². The second-order valence-electron chi connectivity index (χ2n) is 2.91. The third kappa shape index (κ3) is 5.59. The van der Waals surface area contributed by atoms with Crippen molar-refractivity contribution in [2.45, 2.75) is 19.2 Å². The summed E-state index contributed by atoms with van der Waals surface area (Å²) in [7, 11) is 0. The van der Waals surface area contributed by atoms with Crippen LogP contribution in [0.1, 0.15) is 12.0 Å². The van der Waals surface area contributed by atoms with Crippen LogP contribution in [0, 0.1) is 0 Å². The second-order valence-corrected chi connectivity index (χ2v) is 3.29. The SMILES string of the molecule is FC(F)(F)CCOCc1ccc(Cl)nc1. The van der Waals surface area contributed by atoms with Gasteiger partial charge >= 0.3 is 6.18 Å². The lowest BCUT2D eigenvalue weighted by Crippen LogP contribution is -2.11. The van der Waals surface area contributed by atoms with Gasteiger partial charge in [0, 0.05) is 6.20 Å². The van der Waals surface area contributed by atoms with Crippen molar-refractivity contribution in [2.24, 2.45) is 0 Å². The van der Waals surface area contributed by atoms with E-state index in [0.717, 1.165) is 0 Å². The van der Waals surface area contributed by atoms with Crippen LogP contribution in [-0.2, 0) is 11.3 Å². The van der Waals surface area contributed by atoms with Crippen LogP contribution in [0.2, 0.25) is 5.15 Å². The Morgan fingerprint density at radius 3 is 2.60 bits per heavy atom. The smallest absolute Gasteiger partial charge is 0.376 e. The molecule has 0 atom stereocenters. The molecule has 84 valence electrons. The molecule has 0 fully saturated rings. The standard InChI is InChI=1S/C9H9ClF3NO/c10-8-2-1-7(5-14-8)6-15-4-3-9(11,12)13/h1-2,5H,3-4,6H2. The minimum absolute atomic E-state index is 0.111. The van der Waals surface area contributed by atoms with Crippen molar-refractivity contribution in [1.29, 1.82) is 0 Å². The fourth-order valence-corrected chi connectivity index (χ4v) is 0.982. The number of alkyl halides is 3. The van der Waals surface area contributed by atoms with Crippen LogP contribution in [0.25, 0.3) is 0 Å². The Morgan fingerprint density at radius 2 is 2.07 bits per heavy atom. The predicted molar refractivity (Wildman–Crippen MR) is 49.6 cm³/mol. The van der Waals surface area contributed by atoms with Crippen molar-refractivity contribution in [3.8, 4) is 0 Å². The molecular formula is C9H9ClF3NO. The fraction of sp³-hybridized carbons (Fsp3) is 0.444. The van der Waals surface area contributed by atoms with E-state index in [9.17, 15) is 13.2 Å². The molecule has 0 N–H and O–H groups in total. The highest BCUT2D eigenvalue weighted by Crippen LogP contribution is 2.19. The molecule has 1 heterocycles. The van der Waals surface area contributed by atoms with E-state index in [2.05, 4.69) is 4.98 Å². The third-order valence-electron chi connectivity index (χ3n) is 1.59. The molecule has 0 unspecified atom stereocenters. The van der Waals surface area contributed by atoms with Gasteiger partial charge in [-0.05, 0) is 11.6 Å². The summed E-state index contributed by atoms with van der Waals surface area (Å²) in [5, 5.41) is 0.342. The molecule has 1 rings (SSSR count). The summed E-state index contributed by atoms with van der Waals surface area (Å²) in [5.74, 6) is 0.